The van der Waals surface area contributed by atoms with Crippen molar-refractivity contribution in [1.82, 2.24) is 9.88 Å². The molecule has 2 fully saturated rings. The van der Waals surface area contributed by atoms with Gasteiger partial charge in [-0.25, -0.2) is 0 Å². The Labute approximate surface area is 135 Å². The molecule has 0 aliphatic carbocycles. The van der Waals surface area contributed by atoms with Crippen LogP contribution in [-0.2, 0) is 0 Å². The first kappa shape index (κ1) is 15.7. The predicted molar refractivity (Wildman–Crippen MR) is 91.9 cm³/mol. The van der Waals surface area contributed by atoms with Crippen molar-refractivity contribution in [2.24, 2.45) is 5.92 Å². The zero-order chi connectivity index (χ0) is 14.5. The Balaban J connectivity index is 1.52. The normalized spacial score (nSPS) is 24.6. The lowest BCUT2D eigenvalue weighted by molar-refractivity contribution is 0.0485. The first-order valence-electron chi connectivity index (χ1n) is 7.83. The van der Waals surface area contributed by atoms with Crippen LogP contribution in [0.1, 0.15) is 24.6 Å². The van der Waals surface area contributed by atoms with E-state index in [0.717, 1.165) is 37.7 Å². The van der Waals surface area contributed by atoms with Crippen molar-refractivity contribution in [3.05, 3.63) is 30.1 Å². The van der Waals surface area contributed by atoms with Crippen LogP contribution in [0, 0.1) is 5.92 Å². The first-order chi connectivity index (χ1) is 10.3. The smallest absolute Gasteiger partial charge is 0.0988 e. The number of nitrogens with zero attached hydrogens (tertiary/aromatic N) is 2. The van der Waals surface area contributed by atoms with Crippen LogP contribution in [0.15, 0.2) is 24.4 Å². The Hall–Kier alpha value is -0.230. The molecule has 0 amide bonds. The number of thioether (sulfide) groups is 2. The highest BCUT2D eigenvalue weighted by Crippen LogP contribution is 2.31. The van der Waals surface area contributed by atoms with Gasteiger partial charge in [0.25, 0.3) is 0 Å². The van der Waals surface area contributed by atoms with E-state index in [1.54, 1.807) is 6.20 Å². The molecule has 1 aromatic rings. The molecule has 0 radical (unpaired) electrons. The number of aliphatic hydroxyl groups excluding tert-OH is 1. The van der Waals surface area contributed by atoms with Crippen LogP contribution < -0.4 is 0 Å². The summed E-state index contributed by atoms with van der Waals surface area (Å²) < 4.78 is 0. The third-order valence-corrected chi connectivity index (χ3v) is 7.01. The molecule has 0 bridgehead atoms. The molecule has 1 N–H and O–H groups in total. The van der Waals surface area contributed by atoms with Gasteiger partial charge in [0.2, 0.25) is 0 Å². The number of hydrogen-bond acceptors (Lipinski definition) is 5. The fourth-order valence-corrected chi connectivity index (χ4v) is 5.84. The van der Waals surface area contributed by atoms with Crippen LogP contribution in [0.5, 0.6) is 0 Å². The van der Waals surface area contributed by atoms with Gasteiger partial charge in [-0.3, -0.25) is 9.88 Å². The number of aliphatic hydroxyl groups is 1. The van der Waals surface area contributed by atoms with Gasteiger partial charge in [0.15, 0.2) is 0 Å². The summed E-state index contributed by atoms with van der Waals surface area (Å²) in [5.74, 6) is 5.52. The highest BCUT2D eigenvalue weighted by Gasteiger charge is 2.30. The van der Waals surface area contributed by atoms with Crippen molar-refractivity contribution < 1.29 is 5.11 Å². The minimum absolute atomic E-state index is 0.363. The summed E-state index contributed by atoms with van der Waals surface area (Å²) in [5, 5.41) is 10.5. The Morgan fingerprint density at radius 2 is 1.86 bits per heavy atom. The van der Waals surface area contributed by atoms with Crippen molar-refractivity contribution in [3.8, 4) is 0 Å². The van der Waals surface area contributed by atoms with Gasteiger partial charge in [-0.05, 0) is 44.0 Å². The fraction of sp³-hybridized carbons (Fsp3) is 0.688. The van der Waals surface area contributed by atoms with Crippen molar-refractivity contribution in [2.45, 2.75) is 25.0 Å². The Kier molecular flexibility index (Phi) is 5.86. The second kappa shape index (κ2) is 7.86. The zero-order valence-electron chi connectivity index (χ0n) is 12.4. The van der Waals surface area contributed by atoms with Gasteiger partial charge in [0, 0.05) is 35.3 Å². The molecule has 1 aromatic heterocycles. The molecular formula is C16H24N2OS2. The van der Waals surface area contributed by atoms with Crippen LogP contribution in [0.4, 0.5) is 0 Å². The van der Waals surface area contributed by atoms with Gasteiger partial charge >= 0.3 is 0 Å². The molecule has 3 rings (SSSR count). The summed E-state index contributed by atoms with van der Waals surface area (Å²) in [5.41, 5.74) is 0.830. The molecule has 116 valence electrons. The van der Waals surface area contributed by atoms with E-state index in [-0.39, 0.29) is 0 Å². The molecule has 0 saturated carbocycles. The highest BCUT2D eigenvalue weighted by molar-refractivity contribution is 8.03. The second-order valence-corrected chi connectivity index (χ2v) is 8.18. The third-order valence-electron chi connectivity index (χ3n) is 4.52. The predicted octanol–water partition coefficient (Wildman–Crippen LogP) is 2.68. The molecule has 2 aliphatic rings. The molecule has 2 aliphatic heterocycles. The molecular weight excluding hydrogens is 300 g/mol. The molecule has 0 aromatic carbocycles. The van der Waals surface area contributed by atoms with E-state index in [9.17, 15) is 5.11 Å². The molecule has 3 heterocycles. The third kappa shape index (κ3) is 4.15. The van der Waals surface area contributed by atoms with E-state index >= 15 is 0 Å². The summed E-state index contributed by atoms with van der Waals surface area (Å²) in [6.07, 6.45) is 3.55. The van der Waals surface area contributed by atoms with E-state index in [1.165, 1.54) is 23.0 Å². The molecule has 21 heavy (non-hydrogen) atoms. The molecule has 1 unspecified atom stereocenters. The topological polar surface area (TPSA) is 36.4 Å². The SMILES string of the molecule is OC(c1ccccn1)C1CCN(C2CSCCSC2)CC1. The lowest BCUT2D eigenvalue weighted by Crippen LogP contribution is -2.44. The van der Waals surface area contributed by atoms with Gasteiger partial charge in [0.1, 0.15) is 0 Å². The molecule has 1 atom stereocenters. The summed E-state index contributed by atoms with van der Waals surface area (Å²) in [6, 6.07) is 6.53. The minimum atomic E-state index is -0.397. The standard InChI is InChI=1S/C16H24N2OS2/c19-16(15-3-1-2-6-17-15)13-4-7-18(8-5-13)14-11-20-9-10-21-12-14/h1-3,6,13-14,16,19H,4-5,7-12H2. The van der Waals surface area contributed by atoms with Gasteiger partial charge in [-0.2, -0.15) is 23.5 Å². The molecule has 5 heteroatoms. The van der Waals surface area contributed by atoms with Crippen LogP contribution in [0.25, 0.3) is 0 Å². The zero-order valence-corrected chi connectivity index (χ0v) is 14.0. The lowest BCUT2D eigenvalue weighted by atomic mass is 9.89. The second-order valence-electron chi connectivity index (χ2n) is 5.88. The number of rotatable bonds is 3. The van der Waals surface area contributed by atoms with E-state index in [0.29, 0.717) is 5.92 Å². The summed E-state index contributed by atoms with van der Waals surface area (Å²) >= 11 is 4.20. The van der Waals surface area contributed by atoms with E-state index in [2.05, 4.69) is 33.4 Å². The van der Waals surface area contributed by atoms with Gasteiger partial charge in [0.05, 0.1) is 11.8 Å². The van der Waals surface area contributed by atoms with Crippen LogP contribution in [0.2, 0.25) is 0 Å². The number of pyridine rings is 1. The monoisotopic (exact) mass is 324 g/mol. The average molecular weight is 325 g/mol. The summed E-state index contributed by atoms with van der Waals surface area (Å²) in [6.45, 7) is 2.25. The van der Waals surface area contributed by atoms with Crippen molar-refractivity contribution in [1.29, 1.82) is 0 Å². The maximum absolute atomic E-state index is 10.5. The molecule has 3 nitrogen and oxygen atoms in total. The maximum Gasteiger partial charge on any atom is 0.0988 e. The maximum atomic E-state index is 10.5. The van der Waals surface area contributed by atoms with Gasteiger partial charge in [-0.15, -0.1) is 0 Å². The number of likely N-dealkylation sites (tertiary alicyclic amines) is 1. The van der Waals surface area contributed by atoms with Crippen molar-refractivity contribution >= 4 is 23.5 Å². The van der Waals surface area contributed by atoms with Crippen LogP contribution in [0.3, 0.4) is 0 Å². The largest absolute Gasteiger partial charge is 0.387 e. The summed E-state index contributed by atoms with van der Waals surface area (Å²) in [7, 11) is 0. The Morgan fingerprint density at radius 1 is 1.14 bits per heavy atom. The molecule has 0 spiro atoms. The Morgan fingerprint density at radius 3 is 2.48 bits per heavy atom. The molecule has 2 saturated heterocycles. The average Bonchev–Trinajstić information content (AvgIpc) is 2.84. The minimum Gasteiger partial charge on any atom is -0.387 e. The lowest BCUT2D eigenvalue weighted by Gasteiger charge is -2.38. The summed E-state index contributed by atoms with van der Waals surface area (Å²) in [4.78, 5) is 6.95. The van der Waals surface area contributed by atoms with Gasteiger partial charge < -0.3 is 5.11 Å². The van der Waals surface area contributed by atoms with Crippen molar-refractivity contribution in [2.75, 3.05) is 36.1 Å². The highest BCUT2D eigenvalue weighted by atomic mass is 32.2. The van der Waals surface area contributed by atoms with Crippen LogP contribution in [-0.4, -0.2) is 57.1 Å². The number of aromatic nitrogens is 1. The first-order valence-corrected chi connectivity index (χ1v) is 10.1. The quantitative estimate of drug-likeness (QED) is 0.925. The fourth-order valence-electron chi connectivity index (χ4n) is 3.21. The number of piperidine rings is 1. The number of hydrogen-bond donors (Lipinski definition) is 1. The van der Waals surface area contributed by atoms with E-state index in [4.69, 9.17) is 0 Å². The van der Waals surface area contributed by atoms with E-state index < -0.39 is 6.10 Å². The van der Waals surface area contributed by atoms with Crippen molar-refractivity contribution in [3.63, 3.8) is 0 Å². The van der Waals surface area contributed by atoms with Crippen LogP contribution >= 0.6 is 23.5 Å². The Bertz CT molecular complexity index is 416. The van der Waals surface area contributed by atoms with Gasteiger partial charge in [-0.1, -0.05) is 6.07 Å². The van der Waals surface area contributed by atoms with E-state index in [1.807, 2.05) is 18.2 Å².